The first-order chi connectivity index (χ1) is 8.67. The Labute approximate surface area is 107 Å². The first-order valence-electron chi connectivity index (χ1n) is 6.21. The third-order valence-electron chi connectivity index (χ3n) is 2.76. The van der Waals surface area contributed by atoms with E-state index in [1.165, 1.54) is 25.3 Å². The van der Waals surface area contributed by atoms with Gasteiger partial charge in [0.15, 0.2) is 0 Å². The fourth-order valence-corrected chi connectivity index (χ4v) is 1.73. The van der Waals surface area contributed by atoms with Gasteiger partial charge in [0.1, 0.15) is 5.82 Å². The van der Waals surface area contributed by atoms with Crippen LogP contribution in [0.4, 0.5) is 4.39 Å². The van der Waals surface area contributed by atoms with Gasteiger partial charge < -0.3 is 4.74 Å². The minimum absolute atomic E-state index is 0.273. The van der Waals surface area contributed by atoms with Crippen molar-refractivity contribution < 1.29 is 13.9 Å². The molecule has 0 radical (unpaired) electrons. The van der Waals surface area contributed by atoms with Crippen molar-refractivity contribution in [2.75, 3.05) is 7.11 Å². The second kappa shape index (κ2) is 7.64. The number of methoxy groups -OCH3 is 1. The van der Waals surface area contributed by atoms with Crippen LogP contribution in [0.2, 0.25) is 0 Å². The number of ether oxygens (including phenoxy) is 1. The van der Waals surface area contributed by atoms with Gasteiger partial charge in [-0.3, -0.25) is 0 Å². The smallest absolute Gasteiger partial charge is 0.330 e. The summed E-state index contributed by atoms with van der Waals surface area (Å²) in [5.74, 6) is -0.643. The van der Waals surface area contributed by atoms with E-state index in [1.807, 2.05) is 0 Å². The highest BCUT2D eigenvalue weighted by Gasteiger charge is 2.05. The molecule has 0 aliphatic rings. The molecule has 0 amide bonds. The Hall–Kier alpha value is -1.64. The molecule has 1 aromatic carbocycles. The Morgan fingerprint density at radius 3 is 2.50 bits per heavy atom. The van der Waals surface area contributed by atoms with Gasteiger partial charge >= 0.3 is 5.97 Å². The van der Waals surface area contributed by atoms with E-state index in [-0.39, 0.29) is 11.8 Å². The lowest BCUT2D eigenvalue weighted by Crippen LogP contribution is -1.97. The molecule has 0 fully saturated rings. The van der Waals surface area contributed by atoms with Gasteiger partial charge in [0.25, 0.3) is 0 Å². The Morgan fingerprint density at radius 1 is 1.28 bits per heavy atom. The summed E-state index contributed by atoms with van der Waals surface area (Å²) in [5.41, 5.74) is 1.77. The zero-order valence-corrected chi connectivity index (χ0v) is 10.9. The predicted octanol–water partition coefficient (Wildman–Crippen LogP) is 3.96. The minimum Gasteiger partial charge on any atom is -0.466 e. The van der Waals surface area contributed by atoms with Crippen molar-refractivity contribution in [2.45, 2.75) is 32.6 Å². The zero-order chi connectivity index (χ0) is 13.4. The predicted molar refractivity (Wildman–Crippen MR) is 70.5 cm³/mol. The molecule has 0 unspecified atom stereocenters. The Bertz CT molecular complexity index is 407. The molecular weight excluding hydrogens is 231 g/mol. The van der Waals surface area contributed by atoms with Crippen molar-refractivity contribution >= 4 is 11.5 Å². The topological polar surface area (TPSA) is 26.3 Å². The monoisotopic (exact) mass is 250 g/mol. The van der Waals surface area contributed by atoms with Gasteiger partial charge in [0.05, 0.1) is 7.11 Å². The van der Waals surface area contributed by atoms with Gasteiger partial charge in [-0.05, 0) is 36.1 Å². The van der Waals surface area contributed by atoms with Crippen LogP contribution in [0.15, 0.2) is 30.3 Å². The second-order valence-electron chi connectivity index (χ2n) is 4.16. The SMILES string of the molecule is CCCCC/C(=C\C(=O)OC)c1ccc(F)cc1. The molecular formula is C15H19FO2. The van der Waals surface area contributed by atoms with E-state index in [2.05, 4.69) is 11.7 Å². The summed E-state index contributed by atoms with van der Waals surface area (Å²) >= 11 is 0. The molecule has 0 spiro atoms. The molecule has 1 aromatic rings. The number of rotatable bonds is 6. The molecule has 0 heterocycles. The minimum atomic E-state index is -0.370. The van der Waals surface area contributed by atoms with Crippen LogP contribution in [0, 0.1) is 5.82 Å². The highest BCUT2D eigenvalue weighted by molar-refractivity contribution is 5.91. The molecule has 2 nitrogen and oxygen atoms in total. The largest absolute Gasteiger partial charge is 0.466 e. The molecule has 0 aliphatic heterocycles. The van der Waals surface area contributed by atoms with Crippen molar-refractivity contribution in [3.05, 3.63) is 41.7 Å². The number of esters is 1. The van der Waals surface area contributed by atoms with Gasteiger partial charge in [-0.2, -0.15) is 0 Å². The highest BCUT2D eigenvalue weighted by Crippen LogP contribution is 2.21. The molecule has 0 aliphatic carbocycles. The molecule has 98 valence electrons. The third-order valence-corrected chi connectivity index (χ3v) is 2.76. The summed E-state index contributed by atoms with van der Waals surface area (Å²) in [6.45, 7) is 2.13. The lowest BCUT2D eigenvalue weighted by molar-refractivity contribution is -0.134. The lowest BCUT2D eigenvalue weighted by Gasteiger charge is -2.07. The number of unbranched alkanes of at least 4 members (excludes halogenated alkanes) is 2. The number of carbonyl (C=O) groups excluding carboxylic acids is 1. The molecule has 0 N–H and O–H groups in total. The molecule has 0 saturated heterocycles. The average Bonchev–Trinajstić information content (AvgIpc) is 2.38. The number of hydrogen-bond acceptors (Lipinski definition) is 2. The van der Waals surface area contributed by atoms with Crippen LogP contribution in [0.25, 0.3) is 5.57 Å². The fraction of sp³-hybridized carbons (Fsp3) is 0.400. The Morgan fingerprint density at radius 2 is 1.94 bits per heavy atom. The van der Waals surface area contributed by atoms with E-state index in [0.717, 1.165) is 36.8 Å². The van der Waals surface area contributed by atoms with Crippen molar-refractivity contribution in [3.63, 3.8) is 0 Å². The van der Waals surface area contributed by atoms with E-state index in [1.54, 1.807) is 12.1 Å². The Balaban J connectivity index is 2.85. The van der Waals surface area contributed by atoms with Crippen molar-refractivity contribution in [1.29, 1.82) is 0 Å². The summed E-state index contributed by atoms with van der Waals surface area (Å²) in [5, 5.41) is 0. The van der Waals surface area contributed by atoms with Crippen molar-refractivity contribution in [3.8, 4) is 0 Å². The van der Waals surface area contributed by atoms with E-state index in [4.69, 9.17) is 0 Å². The van der Waals surface area contributed by atoms with Gasteiger partial charge in [-0.1, -0.05) is 31.9 Å². The molecule has 1 rings (SSSR count). The number of carbonyl (C=O) groups is 1. The van der Waals surface area contributed by atoms with Crippen molar-refractivity contribution in [1.82, 2.24) is 0 Å². The molecule has 0 aromatic heterocycles. The van der Waals surface area contributed by atoms with Gasteiger partial charge in [0.2, 0.25) is 0 Å². The maximum Gasteiger partial charge on any atom is 0.330 e. The maximum absolute atomic E-state index is 12.9. The van der Waals surface area contributed by atoms with Crippen molar-refractivity contribution in [2.24, 2.45) is 0 Å². The van der Waals surface area contributed by atoms with E-state index in [0.29, 0.717) is 0 Å². The Kier molecular flexibility index (Phi) is 6.12. The summed E-state index contributed by atoms with van der Waals surface area (Å²) in [6.07, 6.45) is 5.53. The number of halogens is 1. The van der Waals surface area contributed by atoms with Crippen LogP contribution in [0.1, 0.15) is 38.2 Å². The van der Waals surface area contributed by atoms with Crippen LogP contribution < -0.4 is 0 Å². The zero-order valence-electron chi connectivity index (χ0n) is 10.9. The average molecular weight is 250 g/mol. The van der Waals surface area contributed by atoms with Gasteiger partial charge in [-0.15, -0.1) is 0 Å². The molecule has 0 saturated carbocycles. The lowest BCUT2D eigenvalue weighted by atomic mass is 9.99. The van der Waals surface area contributed by atoms with Crippen LogP contribution >= 0.6 is 0 Å². The molecule has 3 heteroatoms. The summed E-state index contributed by atoms with van der Waals surface area (Å²) in [4.78, 5) is 11.3. The normalized spacial score (nSPS) is 11.4. The van der Waals surface area contributed by atoms with Gasteiger partial charge in [-0.25, -0.2) is 9.18 Å². The van der Waals surface area contributed by atoms with Crippen LogP contribution in [0.5, 0.6) is 0 Å². The third kappa shape index (κ3) is 4.70. The molecule has 0 atom stereocenters. The number of allylic oxidation sites excluding steroid dienone is 1. The van der Waals surface area contributed by atoms with Gasteiger partial charge in [0, 0.05) is 6.08 Å². The van der Waals surface area contributed by atoms with Crippen LogP contribution in [-0.2, 0) is 9.53 Å². The number of hydrogen-bond donors (Lipinski definition) is 0. The summed E-state index contributed by atoms with van der Waals surface area (Å²) in [6, 6.07) is 6.19. The number of benzene rings is 1. The standard InChI is InChI=1S/C15H19FO2/c1-3-4-5-6-13(11-15(17)18-2)12-7-9-14(16)10-8-12/h7-11H,3-6H2,1-2H3/b13-11+. The molecule has 18 heavy (non-hydrogen) atoms. The van der Waals surface area contributed by atoms with E-state index >= 15 is 0 Å². The van der Waals surface area contributed by atoms with E-state index < -0.39 is 0 Å². The maximum atomic E-state index is 12.9. The first kappa shape index (κ1) is 14.4. The highest BCUT2D eigenvalue weighted by atomic mass is 19.1. The quantitative estimate of drug-likeness (QED) is 0.434. The second-order valence-corrected chi connectivity index (χ2v) is 4.16. The summed E-state index contributed by atoms with van der Waals surface area (Å²) < 4.78 is 17.5. The summed E-state index contributed by atoms with van der Waals surface area (Å²) in [7, 11) is 1.35. The van der Waals surface area contributed by atoms with Crippen LogP contribution in [0.3, 0.4) is 0 Å². The first-order valence-corrected chi connectivity index (χ1v) is 6.21. The fourth-order valence-electron chi connectivity index (χ4n) is 1.73. The molecule has 0 bridgehead atoms. The van der Waals surface area contributed by atoms with Crippen LogP contribution in [-0.4, -0.2) is 13.1 Å². The van der Waals surface area contributed by atoms with E-state index in [9.17, 15) is 9.18 Å².